The highest BCUT2D eigenvalue weighted by atomic mass is 16.5. The standard InChI is InChI=1S/C24H27N7O/c1-16(2)21-20(15-25-26-21)22(17-7-5-4-6-8-17)30-13-14-31-24(27-28-29-31)23(30)18-9-11-19(32-3)12-10-18/h4-12,15-16,22-23H,13-14H2,1-3H3,(H,25,26). The molecule has 3 heterocycles. The Morgan fingerprint density at radius 3 is 2.53 bits per heavy atom. The number of aromatic amines is 1. The molecule has 0 radical (unpaired) electrons. The molecular formula is C24H27N7O. The lowest BCUT2D eigenvalue weighted by atomic mass is 9.90. The molecule has 0 saturated carbocycles. The molecule has 1 aliphatic rings. The number of hydrogen-bond acceptors (Lipinski definition) is 6. The smallest absolute Gasteiger partial charge is 0.173 e. The summed E-state index contributed by atoms with van der Waals surface area (Å²) in [6, 6.07) is 18.7. The van der Waals surface area contributed by atoms with E-state index in [4.69, 9.17) is 4.74 Å². The van der Waals surface area contributed by atoms with E-state index >= 15 is 0 Å². The molecule has 5 rings (SSSR count). The summed E-state index contributed by atoms with van der Waals surface area (Å²) in [5, 5.41) is 20.3. The van der Waals surface area contributed by atoms with Gasteiger partial charge in [-0.15, -0.1) is 5.10 Å². The first-order valence-electron chi connectivity index (χ1n) is 10.9. The fourth-order valence-corrected chi connectivity index (χ4v) is 4.64. The molecule has 4 aromatic rings. The van der Waals surface area contributed by atoms with Crippen LogP contribution in [-0.4, -0.2) is 49.0 Å². The third-order valence-corrected chi connectivity index (χ3v) is 6.13. The lowest BCUT2D eigenvalue weighted by molar-refractivity contribution is 0.134. The van der Waals surface area contributed by atoms with Gasteiger partial charge in [0.05, 0.1) is 31.4 Å². The number of tetrazole rings is 1. The van der Waals surface area contributed by atoms with E-state index in [1.54, 1.807) is 7.11 Å². The summed E-state index contributed by atoms with van der Waals surface area (Å²) < 4.78 is 7.29. The van der Waals surface area contributed by atoms with Gasteiger partial charge in [-0.1, -0.05) is 56.3 Å². The van der Waals surface area contributed by atoms with Gasteiger partial charge in [0.25, 0.3) is 0 Å². The number of rotatable bonds is 6. The van der Waals surface area contributed by atoms with Gasteiger partial charge in [0, 0.05) is 18.3 Å². The van der Waals surface area contributed by atoms with Crippen molar-refractivity contribution in [3.05, 3.63) is 89.0 Å². The van der Waals surface area contributed by atoms with Crippen LogP contribution in [0, 0.1) is 0 Å². The molecule has 164 valence electrons. The van der Waals surface area contributed by atoms with Crippen LogP contribution in [0.5, 0.6) is 5.75 Å². The molecule has 0 fully saturated rings. The van der Waals surface area contributed by atoms with Crippen molar-refractivity contribution in [2.45, 2.75) is 38.4 Å². The number of fused-ring (bicyclic) bond motifs is 1. The summed E-state index contributed by atoms with van der Waals surface area (Å²) in [7, 11) is 1.68. The van der Waals surface area contributed by atoms with Crippen LogP contribution < -0.4 is 4.74 Å². The monoisotopic (exact) mass is 429 g/mol. The second-order valence-electron chi connectivity index (χ2n) is 8.37. The van der Waals surface area contributed by atoms with Gasteiger partial charge < -0.3 is 4.74 Å². The second-order valence-corrected chi connectivity index (χ2v) is 8.37. The molecule has 0 aliphatic carbocycles. The van der Waals surface area contributed by atoms with E-state index in [0.29, 0.717) is 5.92 Å². The number of nitrogens with zero attached hydrogens (tertiary/aromatic N) is 6. The van der Waals surface area contributed by atoms with Gasteiger partial charge >= 0.3 is 0 Å². The molecule has 2 unspecified atom stereocenters. The topological polar surface area (TPSA) is 84.8 Å². The van der Waals surface area contributed by atoms with Crippen molar-refractivity contribution in [2.24, 2.45) is 0 Å². The molecule has 2 aromatic heterocycles. The fourth-order valence-electron chi connectivity index (χ4n) is 4.64. The number of ether oxygens (including phenoxy) is 1. The number of hydrogen-bond donors (Lipinski definition) is 1. The van der Waals surface area contributed by atoms with Gasteiger partial charge in [-0.05, 0) is 39.6 Å². The van der Waals surface area contributed by atoms with Gasteiger partial charge in [0.2, 0.25) is 0 Å². The zero-order chi connectivity index (χ0) is 22.1. The molecular weight excluding hydrogens is 402 g/mol. The van der Waals surface area contributed by atoms with Crippen molar-refractivity contribution in [3.63, 3.8) is 0 Å². The van der Waals surface area contributed by atoms with Crippen molar-refractivity contribution >= 4 is 0 Å². The summed E-state index contributed by atoms with van der Waals surface area (Å²) in [4.78, 5) is 2.49. The zero-order valence-corrected chi connectivity index (χ0v) is 18.5. The summed E-state index contributed by atoms with van der Waals surface area (Å²) in [6.07, 6.45) is 2.04. The minimum atomic E-state index is -0.107. The minimum Gasteiger partial charge on any atom is -0.497 e. The Morgan fingerprint density at radius 1 is 1.03 bits per heavy atom. The first-order chi connectivity index (χ1) is 15.7. The van der Waals surface area contributed by atoms with Gasteiger partial charge in [-0.3, -0.25) is 10.00 Å². The molecule has 8 nitrogen and oxygen atoms in total. The quantitative estimate of drug-likeness (QED) is 0.503. The van der Waals surface area contributed by atoms with Gasteiger partial charge in [-0.25, -0.2) is 4.68 Å². The maximum Gasteiger partial charge on any atom is 0.173 e. The lowest BCUT2D eigenvalue weighted by Gasteiger charge is -2.41. The largest absolute Gasteiger partial charge is 0.497 e. The Balaban J connectivity index is 1.67. The molecule has 1 aliphatic heterocycles. The molecule has 0 bridgehead atoms. The first-order valence-corrected chi connectivity index (χ1v) is 10.9. The van der Waals surface area contributed by atoms with E-state index in [-0.39, 0.29) is 12.1 Å². The molecule has 32 heavy (non-hydrogen) atoms. The Bertz CT molecular complexity index is 1170. The van der Waals surface area contributed by atoms with Gasteiger partial charge in [0.1, 0.15) is 5.75 Å². The van der Waals surface area contributed by atoms with Crippen molar-refractivity contribution in [1.29, 1.82) is 0 Å². The van der Waals surface area contributed by atoms with Crippen LogP contribution >= 0.6 is 0 Å². The Morgan fingerprint density at radius 2 is 1.81 bits per heavy atom. The maximum absolute atomic E-state index is 5.38. The minimum absolute atomic E-state index is 0.00454. The van der Waals surface area contributed by atoms with Gasteiger partial charge in [0.15, 0.2) is 5.82 Å². The Kier molecular flexibility index (Phi) is 5.45. The highest BCUT2D eigenvalue weighted by Crippen LogP contribution is 2.41. The van der Waals surface area contributed by atoms with Crippen molar-refractivity contribution in [3.8, 4) is 5.75 Å². The fraction of sp³-hybridized carbons (Fsp3) is 0.333. The van der Waals surface area contributed by atoms with Crippen LogP contribution in [0.3, 0.4) is 0 Å². The van der Waals surface area contributed by atoms with Crippen LogP contribution in [0.2, 0.25) is 0 Å². The third kappa shape index (κ3) is 3.56. The molecule has 2 atom stereocenters. The van der Waals surface area contributed by atoms with E-state index in [2.05, 4.69) is 86.9 Å². The number of H-pyrrole nitrogens is 1. The van der Waals surface area contributed by atoms with E-state index in [0.717, 1.165) is 35.9 Å². The van der Waals surface area contributed by atoms with E-state index < -0.39 is 0 Å². The SMILES string of the molecule is COc1ccc(C2c3nnnn3CCN2C(c2ccccc2)c2c[nH]nc2C(C)C)cc1. The number of methoxy groups -OCH3 is 1. The molecule has 0 amide bonds. The average Bonchev–Trinajstić information content (AvgIpc) is 3.50. The molecule has 0 spiro atoms. The van der Waals surface area contributed by atoms with E-state index in [9.17, 15) is 0 Å². The normalized spacial score (nSPS) is 17.3. The van der Waals surface area contributed by atoms with Gasteiger partial charge in [-0.2, -0.15) is 5.10 Å². The number of aromatic nitrogens is 6. The van der Waals surface area contributed by atoms with E-state index in [1.165, 1.54) is 11.1 Å². The summed E-state index contributed by atoms with van der Waals surface area (Å²) in [5.41, 5.74) is 4.61. The molecule has 1 N–H and O–H groups in total. The second kappa shape index (κ2) is 8.55. The van der Waals surface area contributed by atoms with Crippen LogP contribution in [0.4, 0.5) is 0 Å². The molecule has 0 saturated heterocycles. The summed E-state index contributed by atoms with van der Waals surface area (Å²) in [6.45, 7) is 5.89. The molecule has 2 aromatic carbocycles. The van der Waals surface area contributed by atoms with Crippen molar-refractivity contribution < 1.29 is 4.74 Å². The van der Waals surface area contributed by atoms with Crippen LogP contribution in [0.1, 0.15) is 60.1 Å². The van der Waals surface area contributed by atoms with Crippen LogP contribution in [0.25, 0.3) is 0 Å². The maximum atomic E-state index is 5.38. The number of nitrogens with one attached hydrogen (secondary N) is 1. The molecule has 8 heteroatoms. The van der Waals surface area contributed by atoms with Crippen molar-refractivity contribution in [2.75, 3.05) is 13.7 Å². The van der Waals surface area contributed by atoms with Crippen LogP contribution in [-0.2, 0) is 6.54 Å². The highest BCUT2D eigenvalue weighted by Gasteiger charge is 2.38. The zero-order valence-electron chi connectivity index (χ0n) is 18.5. The highest BCUT2D eigenvalue weighted by molar-refractivity contribution is 5.38. The Hall–Kier alpha value is -3.52. The van der Waals surface area contributed by atoms with Crippen molar-refractivity contribution in [1.82, 2.24) is 35.3 Å². The predicted molar refractivity (Wildman–Crippen MR) is 120 cm³/mol. The van der Waals surface area contributed by atoms with E-state index in [1.807, 2.05) is 23.0 Å². The van der Waals surface area contributed by atoms with Crippen LogP contribution in [0.15, 0.2) is 60.8 Å². The third-order valence-electron chi connectivity index (χ3n) is 6.13. The predicted octanol–water partition coefficient (Wildman–Crippen LogP) is 3.72. The lowest BCUT2D eigenvalue weighted by Crippen LogP contribution is -2.42. The average molecular weight is 430 g/mol. The first kappa shape index (κ1) is 20.4. The summed E-state index contributed by atoms with van der Waals surface area (Å²) >= 11 is 0. The summed E-state index contributed by atoms with van der Waals surface area (Å²) in [5.74, 6) is 1.97. The number of benzene rings is 2. The Labute approximate surface area is 187 Å².